The topological polar surface area (TPSA) is 77.8 Å². The fraction of sp³-hybridized carbons (Fsp3) is 0.278. The highest BCUT2D eigenvalue weighted by atomic mass is 16.1. The maximum absolute atomic E-state index is 12.2. The predicted octanol–water partition coefficient (Wildman–Crippen LogP) is 3.56. The molecule has 0 bridgehead atoms. The molecule has 0 aliphatic heterocycles. The van der Waals surface area contributed by atoms with E-state index in [1.165, 1.54) is 31.9 Å². The van der Waals surface area contributed by atoms with Gasteiger partial charge in [-0.3, -0.25) is 4.79 Å². The van der Waals surface area contributed by atoms with E-state index in [1.54, 1.807) is 12.1 Å². The molecule has 0 spiro atoms. The van der Waals surface area contributed by atoms with E-state index in [0.29, 0.717) is 11.6 Å². The molecule has 23 heavy (non-hydrogen) atoms. The second-order valence-corrected chi connectivity index (χ2v) is 5.70. The molecule has 1 aliphatic carbocycles. The molecule has 1 saturated carbocycles. The number of benzene rings is 1. The SMILES string of the molecule is N#Cc1ccc(C(=O)Nc2cccc(NC3CCCC3)c2)nc1. The second-order valence-electron chi connectivity index (χ2n) is 5.70. The second kappa shape index (κ2) is 6.93. The number of nitrogens with zero attached hydrogens (tertiary/aromatic N) is 2. The fourth-order valence-corrected chi connectivity index (χ4v) is 2.78. The zero-order chi connectivity index (χ0) is 16.1. The summed E-state index contributed by atoms with van der Waals surface area (Å²) in [5, 5.41) is 15.1. The Morgan fingerprint density at radius 2 is 1.96 bits per heavy atom. The van der Waals surface area contributed by atoms with Gasteiger partial charge in [-0.15, -0.1) is 0 Å². The van der Waals surface area contributed by atoms with Gasteiger partial charge in [0, 0.05) is 23.6 Å². The molecule has 3 rings (SSSR count). The molecule has 2 aromatic rings. The van der Waals surface area contributed by atoms with Gasteiger partial charge in [0.1, 0.15) is 11.8 Å². The van der Waals surface area contributed by atoms with E-state index in [0.717, 1.165) is 11.4 Å². The van der Waals surface area contributed by atoms with Crippen LogP contribution in [0.1, 0.15) is 41.7 Å². The summed E-state index contributed by atoms with van der Waals surface area (Å²) >= 11 is 0. The summed E-state index contributed by atoms with van der Waals surface area (Å²) in [6.45, 7) is 0. The number of carbonyl (C=O) groups is 1. The Bertz CT molecular complexity index is 727. The number of pyridine rings is 1. The monoisotopic (exact) mass is 306 g/mol. The van der Waals surface area contributed by atoms with Gasteiger partial charge in [0.15, 0.2) is 0 Å². The number of amides is 1. The molecule has 1 aromatic carbocycles. The van der Waals surface area contributed by atoms with E-state index < -0.39 is 0 Å². The first kappa shape index (κ1) is 15.0. The predicted molar refractivity (Wildman–Crippen MR) is 89.2 cm³/mol. The molecule has 1 aromatic heterocycles. The molecule has 5 nitrogen and oxygen atoms in total. The molecule has 1 aliphatic rings. The number of anilines is 2. The maximum atomic E-state index is 12.2. The Hall–Kier alpha value is -2.87. The van der Waals surface area contributed by atoms with Crippen molar-refractivity contribution >= 4 is 17.3 Å². The third-order valence-electron chi connectivity index (χ3n) is 3.97. The summed E-state index contributed by atoms with van der Waals surface area (Å²) < 4.78 is 0. The van der Waals surface area contributed by atoms with Crippen molar-refractivity contribution < 1.29 is 4.79 Å². The number of hydrogen-bond donors (Lipinski definition) is 2. The van der Waals surface area contributed by atoms with Crippen LogP contribution in [0.5, 0.6) is 0 Å². The van der Waals surface area contributed by atoms with Gasteiger partial charge in [-0.1, -0.05) is 18.9 Å². The number of hydrogen-bond acceptors (Lipinski definition) is 4. The van der Waals surface area contributed by atoms with Crippen LogP contribution in [0.3, 0.4) is 0 Å². The summed E-state index contributed by atoms with van der Waals surface area (Å²) in [5.74, 6) is -0.285. The largest absolute Gasteiger partial charge is 0.382 e. The van der Waals surface area contributed by atoms with Gasteiger partial charge in [0.05, 0.1) is 5.56 Å². The Morgan fingerprint density at radius 1 is 1.17 bits per heavy atom. The average molecular weight is 306 g/mol. The van der Waals surface area contributed by atoms with E-state index in [4.69, 9.17) is 5.26 Å². The zero-order valence-corrected chi connectivity index (χ0v) is 12.7. The lowest BCUT2D eigenvalue weighted by Crippen LogP contribution is -2.16. The summed E-state index contributed by atoms with van der Waals surface area (Å²) in [7, 11) is 0. The Balaban J connectivity index is 1.66. The van der Waals surface area contributed by atoms with Crippen LogP contribution in [-0.2, 0) is 0 Å². The third-order valence-corrected chi connectivity index (χ3v) is 3.97. The Kier molecular flexibility index (Phi) is 4.53. The summed E-state index contributed by atoms with van der Waals surface area (Å²) in [5.41, 5.74) is 2.47. The summed E-state index contributed by atoms with van der Waals surface area (Å²) in [6, 6.07) is 13.3. The first-order valence-electron chi connectivity index (χ1n) is 7.79. The highest BCUT2D eigenvalue weighted by Gasteiger charge is 2.14. The maximum Gasteiger partial charge on any atom is 0.274 e. The molecule has 0 radical (unpaired) electrons. The van der Waals surface area contributed by atoms with E-state index in [-0.39, 0.29) is 11.6 Å². The van der Waals surface area contributed by atoms with Crippen molar-refractivity contribution in [2.24, 2.45) is 0 Å². The molecule has 1 heterocycles. The lowest BCUT2D eigenvalue weighted by Gasteiger charge is -2.14. The van der Waals surface area contributed by atoms with Crippen molar-refractivity contribution in [3.05, 3.63) is 53.9 Å². The molecule has 1 fully saturated rings. The third kappa shape index (κ3) is 3.86. The Morgan fingerprint density at radius 3 is 2.65 bits per heavy atom. The van der Waals surface area contributed by atoms with Crippen LogP contribution in [0, 0.1) is 11.3 Å². The molecule has 0 unspecified atom stereocenters. The van der Waals surface area contributed by atoms with Gasteiger partial charge in [0.2, 0.25) is 0 Å². The smallest absolute Gasteiger partial charge is 0.274 e. The van der Waals surface area contributed by atoms with Crippen LogP contribution < -0.4 is 10.6 Å². The summed E-state index contributed by atoms with van der Waals surface area (Å²) in [4.78, 5) is 16.2. The highest BCUT2D eigenvalue weighted by molar-refractivity contribution is 6.03. The normalized spacial score (nSPS) is 14.2. The fourth-order valence-electron chi connectivity index (χ4n) is 2.78. The standard InChI is InChI=1S/C18H18N4O/c19-11-13-8-9-17(20-12-13)18(23)22-16-7-3-6-15(10-16)21-14-4-1-2-5-14/h3,6-10,12,14,21H,1-2,4-5H2,(H,22,23). The van der Waals surface area contributed by atoms with Crippen LogP contribution in [0.15, 0.2) is 42.6 Å². The minimum Gasteiger partial charge on any atom is -0.382 e. The van der Waals surface area contributed by atoms with E-state index in [1.807, 2.05) is 30.3 Å². The van der Waals surface area contributed by atoms with Crippen LogP contribution in [0.25, 0.3) is 0 Å². The van der Waals surface area contributed by atoms with Crippen LogP contribution in [0.4, 0.5) is 11.4 Å². The van der Waals surface area contributed by atoms with Gasteiger partial charge >= 0.3 is 0 Å². The lowest BCUT2D eigenvalue weighted by atomic mass is 10.2. The zero-order valence-electron chi connectivity index (χ0n) is 12.7. The summed E-state index contributed by atoms with van der Waals surface area (Å²) in [6.07, 6.45) is 6.35. The van der Waals surface area contributed by atoms with E-state index >= 15 is 0 Å². The number of aromatic nitrogens is 1. The number of carbonyl (C=O) groups excluding carboxylic acids is 1. The first-order valence-corrected chi connectivity index (χ1v) is 7.79. The van der Waals surface area contributed by atoms with Gasteiger partial charge in [0.25, 0.3) is 5.91 Å². The Labute approximate surface area is 135 Å². The first-order chi connectivity index (χ1) is 11.2. The molecular weight excluding hydrogens is 288 g/mol. The molecule has 2 N–H and O–H groups in total. The van der Waals surface area contributed by atoms with Crippen molar-refractivity contribution in [3.63, 3.8) is 0 Å². The van der Waals surface area contributed by atoms with Gasteiger partial charge < -0.3 is 10.6 Å². The number of nitrogens with one attached hydrogen (secondary N) is 2. The molecule has 1 amide bonds. The van der Waals surface area contributed by atoms with Crippen molar-refractivity contribution in [2.75, 3.05) is 10.6 Å². The molecule has 5 heteroatoms. The minimum absolute atomic E-state index is 0.285. The van der Waals surface area contributed by atoms with Crippen molar-refractivity contribution in [1.29, 1.82) is 5.26 Å². The molecule has 116 valence electrons. The quantitative estimate of drug-likeness (QED) is 0.905. The molecule has 0 atom stereocenters. The minimum atomic E-state index is -0.285. The van der Waals surface area contributed by atoms with E-state index in [2.05, 4.69) is 15.6 Å². The molecule has 0 saturated heterocycles. The molecular formula is C18H18N4O. The number of rotatable bonds is 4. The van der Waals surface area contributed by atoms with Gasteiger partial charge in [-0.25, -0.2) is 4.98 Å². The van der Waals surface area contributed by atoms with Crippen LogP contribution in [-0.4, -0.2) is 16.9 Å². The van der Waals surface area contributed by atoms with Crippen molar-refractivity contribution in [1.82, 2.24) is 4.98 Å². The van der Waals surface area contributed by atoms with Gasteiger partial charge in [-0.05, 0) is 43.2 Å². The van der Waals surface area contributed by atoms with Crippen molar-refractivity contribution in [2.45, 2.75) is 31.7 Å². The van der Waals surface area contributed by atoms with Crippen LogP contribution in [0.2, 0.25) is 0 Å². The highest BCUT2D eigenvalue weighted by Crippen LogP contribution is 2.24. The lowest BCUT2D eigenvalue weighted by molar-refractivity contribution is 0.102. The average Bonchev–Trinajstić information content (AvgIpc) is 3.08. The van der Waals surface area contributed by atoms with Crippen molar-refractivity contribution in [3.8, 4) is 6.07 Å². The van der Waals surface area contributed by atoms with Crippen LogP contribution >= 0.6 is 0 Å². The van der Waals surface area contributed by atoms with E-state index in [9.17, 15) is 4.79 Å². The van der Waals surface area contributed by atoms with Gasteiger partial charge in [-0.2, -0.15) is 5.26 Å². The number of nitriles is 1.